The second-order valence-electron chi connectivity index (χ2n) is 7.54. The van der Waals surface area contributed by atoms with Crippen molar-refractivity contribution in [1.29, 1.82) is 0 Å². The van der Waals surface area contributed by atoms with Crippen molar-refractivity contribution >= 4 is 11.9 Å². The van der Waals surface area contributed by atoms with Crippen LogP contribution in [0, 0.1) is 17.7 Å². The van der Waals surface area contributed by atoms with Gasteiger partial charge in [-0.05, 0) is 69.1 Å². The molecule has 0 radical (unpaired) electrons. The van der Waals surface area contributed by atoms with Gasteiger partial charge < -0.3 is 16.0 Å². The molecule has 0 aromatic heterocycles. The standard InChI is InChI=1S/C21H30FN3O2/c1-15(2)11-20(26)23-12-16-3-5-17(6-4-16)13-24-21(27)25-14-18-7-9-19(22)10-8-18/h7-11,16-17H,3-6,12-14H2,1-2H3,(H,23,26)(H2,24,25,27). The van der Waals surface area contributed by atoms with Gasteiger partial charge in [0, 0.05) is 25.7 Å². The molecule has 0 spiro atoms. The van der Waals surface area contributed by atoms with E-state index in [1.807, 2.05) is 13.8 Å². The highest BCUT2D eigenvalue weighted by atomic mass is 19.1. The van der Waals surface area contributed by atoms with Gasteiger partial charge in [-0.2, -0.15) is 0 Å². The average Bonchev–Trinajstić information content (AvgIpc) is 2.64. The summed E-state index contributed by atoms with van der Waals surface area (Å²) in [5, 5.41) is 8.67. The minimum absolute atomic E-state index is 0.0170. The molecule has 3 N–H and O–H groups in total. The van der Waals surface area contributed by atoms with Crippen LogP contribution in [0.25, 0.3) is 0 Å². The lowest BCUT2D eigenvalue weighted by molar-refractivity contribution is -0.116. The van der Waals surface area contributed by atoms with E-state index in [1.54, 1.807) is 18.2 Å². The van der Waals surface area contributed by atoms with E-state index in [-0.39, 0.29) is 17.8 Å². The van der Waals surface area contributed by atoms with E-state index < -0.39 is 0 Å². The van der Waals surface area contributed by atoms with Crippen LogP contribution in [-0.2, 0) is 11.3 Å². The smallest absolute Gasteiger partial charge is 0.315 e. The largest absolute Gasteiger partial charge is 0.352 e. The van der Waals surface area contributed by atoms with Crippen LogP contribution < -0.4 is 16.0 Å². The zero-order valence-electron chi connectivity index (χ0n) is 16.2. The first kappa shape index (κ1) is 20.9. The van der Waals surface area contributed by atoms with Crippen molar-refractivity contribution in [3.8, 4) is 0 Å². The van der Waals surface area contributed by atoms with Crippen molar-refractivity contribution in [3.63, 3.8) is 0 Å². The number of carbonyl (C=O) groups excluding carboxylic acids is 2. The molecule has 148 valence electrons. The topological polar surface area (TPSA) is 70.2 Å². The molecule has 0 saturated heterocycles. The zero-order chi connectivity index (χ0) is 19.6. The Morgan fingerprint density at radius 1 is 0.963 bits per heavy atom. The molecular formula is C21H30FN3O2. The fourth-order valence-corrected chi connectivity index (χ4v) is 3.28. The quantitative estimate of drug-likeness (QED) is 0.638. The molecule has 27 heavy (non-hydrogen) atoms. The van der Waals surface area contributed by atoms with Crippen LogP contribution in [-0.4, -0.2) is 25.0 Å². The molecular weight excluding hydrogens is 345 g/mol. The van der Waals surface area contributed by atoms with Crippen molar-refractivity contribution in [1.82, 2.24) is 16.0 Å². The summed E-state index contributed by atoms with van der Waals surface area (Å²) in [6.45, 7) is 5.58. The summed E-state index contributed by atoms with van der Waals surface area (Å²) >= 11 is 0. The lowest BCUT2D eigenvalue weighted by Crippen LogP contribution is -2.39. The summed E-state index contributed by atoms with van der Waals surface area (Å²) in [4.78, 5) is 23.6. The monoisotopic (exact) mass is 375 g/mol. The van der Waals surface area contributed by atoms with E-state index in [2.05, 4.69) is 16.0 Å². The molecule has 3 amide bonds. The van der Waals surface area contributed by atoms with Crippen molar-refractivity contribution in [2.75, 3.05) is 13.1 Å². The maximum atomic E-state index is 12.9. The van der Waals surface area contributed by atoms with E-state index in [0.29, 0.717) is 24.9 Å². The van der Waals surface area contributed by atoms with Crippen LogP contribution in [0.2, 0.25) is 0 Å². The Morgan fingerprint density at radius 2 is 1.52 bits per heavy atom. The molecule has 0 heterocycles. The third-order valence-corrected chi connectivity index (χ3v) is 4.87. The van der Waals surface area contributed by atoms with Crippen molar-refractivity contribution in [2.24, 2.45) is 11.8 Å². The number of amides is 3. The maximum Gasteiger partial charge on any atom is 0.315 e. The summed E-state index contributed by atoms with van der Waals surface area (Å²) in [5.41, 5.74) is 1.86. The Bertz CT molecular complexity index is 646. The summed E-state index contributed by atoms with van der Waals surface area (Å²) in [6.07, 6.45) is 5.88. The molecule has 0 atom stereocenters. The Morgan fingerprint density at radius 3 is 2.07 bits per heavy atom. The number of carbonyl (C=O) groups is 2. The van der Waals surface area contributed by atoms with Gasteiger partial charge in [-0.25, -0.2) is 9.18 Å². The molecule has 2 rings (SSSR count). The fraction of sp³-hybridized carbons (Fsp3) is 0.524. The van der Waals surface area contributed by atoms with Gasteiger partial charge in [-0.3, -0.25) is 4.79 Å². The second kappa shape index (κ2) is 10.7. The summed E-state index contributed by atoms with van der Waals surface area (Å²) < 4.78 is 12.9. The lowest BCUT2D eigenvalue weighted by Gasteiger charge is -2.28. The predicted octanol–water partition coefficient (Wildman–Crippen LogP) is 3.51. The van der Waals surface area contributed by atoms with Gasteiger partial charge in [0.15, 0.2) is 0 Å². The number of hydrogen-bond acceptors (Lipinski definition) is 2. The first-order valence-corrected chi connectivity index (χ1v) is 9.61. The van der Waals surface area contributed by atoms with E-state index in [4.69, 9.17) is 0 Å². The SMILES string of the molecule is CC(C)=CC(=O)NCC1CCC(CNC(=O)NCc2ccc(F)cc2)CC1. The van der Waals surface area contributed by atoms with Gasteiger partial charge >= 0.3 is 6.03 Å². The molecule has 1 aliphatic rings. The van der Waals surface area contributed by atoms with E-state index in [9.17, 15) is 14.0 Å². The first-order valence-electron chi connectivity index (χ1n) is 9.61. The highest BCUT2D eigenvalue weighted by Crippen LogP contribution is 2.27. The molecule has 5 nitrogen and oxygen atoms in total. The van der Waals surface area contributed by atoms with Crippen LogP contribution in [0.4, 0.5) is 9.18 Å². The summed E-state index contributed by atoms with van der Waals surface area (Å²) in [6, 6.07) is 5.89. The van der Waals surface area contributed by atoms with Crippen molar-refractivity contribution < 1.29 is 14.0 Å². The molecule has 6 heteroatoms. The third-order valence-electron chi connectivity index (χ3n) is 4.87. The second-order valence-corrected chi connectivity index (χ2v) is 7.54. The van der Waals surface area contributed by atoms with Gasteiger partial charge in [-0.15, -0.1) is 0 Å². The number of nitrogens with one attached hydrogen (secondary N) is 3. The van der Waals surface area contributed by atoms with Gasteiger partial charge in [0.05, 0.1) is 0 Å². The van der Waals surface area contributed by atoms with Crippen molar-refractivity contribution in [2.45, 2.75) is 46.1 Å². The van der Waals surface area contributed by atoms with Crippen LogP contribution in [0.5, 0.6) is 0 Å². The number of rotatable bonds is 7. The molecule has 0 bridgehead atoms. The number of hydrogen-bond donors (Lipinski definition) is 3. The van der Waals surface area contributed by atoms with E-state index in [1.165, 1.54) is 12.1 Å². The van der Waals surface area contributed by atoms with Crippen molar-refractivity contribution in [3.05, 3.63) is 47.3 Å². The third kappa shape index (κ3) is 8.24. The molecule has 1 fully saturated rings. The Kier molecular flexibility index (Phi) is 8.30. The minimum Gasteiger partial charge on any atom is -0.352 e. The highest BCUT2D eigenvalue weighted by molar-refractivity contribution is 5.87. The Labute approximate surface area is 160 Å². The summed E-state index contributed by atoms with van der Waals surface area (Å²) in [5.74, 6) is 0.696. The van der Waals surface area contributed by atoms with Crippen LogP contribution in [0.15, 0.2) is 35.9 Å². The van der Waals surface area contributed by atoms with Crippen LogP contribution in [0.3, 0.4) is 0 Å². The van der Waals surface area contributed by atoms with E-state index >= 15 is 0 Å². The lowest BCUT2D eigenvalue weighted by atomic mass is 9.82. The Balaban J connectivity index is 1.58. The number of urea groups is 1. The minimum atomic E-state index is -0.282. The van der Waals surface area contributed by atoms with Gasteiger partial charge in [0.25, 0.3) is 0 Å². The number of halogens is 1. The molecule has 1 saturated carbocycles. The summed E-state index contributed by atoms with van der Waals surface area (Å²) in [7, 11) is 0. The van der Waals surface area contributed by atoms with Gasteiger partial charge in [0.2, 0.25) is 5.91 Å². The normalized spacial score (nSPS) is 19.1. The number of allylic oxidation sites excluding steroid dienone is 1. The average molecular weight is 375 g/mol. The molecule has 1 aliphatic carbocycles. The predicted molar refractivity (Wildman–Crippen MR) is 105 cm³/mol. The molecule has 1 aromatic carbocycles. The molecule has 0 aliphatic heterocycles. The van der Waals surface area contributed by atoms with Gasteiger partial charge in [-0.1, -0.05) is 17.7 Å². The zero-order valence-corrected chi connectivity index (χ0v) is 16.2. The Hall–Kier alpha value is -2.37. The van der Waals surface area contributed by atoms with Gasteiger partial charge in [0.1, 0.15) is 5.82 Å². The fourth-order valence-electron chi connectivity index (χ4n) is 3.28. The molecule has 0 unspecified atom stereocenters. The highest BCUT2D eigenvalue weighted by Gasteiger charge is 2.21. The number of benzene rings is 1. The van der Waals surface area contributed by atoms with Crippen LogP contribution >= 0.6 is 0 Å². The van der Waals surface area contributed by atoms with E-state index in [0.717, 1.165) is 43.4 Å². The maximum absolute atomic E-state index is 12.9. The molecule has 1 aromatic rings. The first-order chi connectivity index (χ1) is 12.9. The van der Waals surface area contributed by atoms with Crippen LogP contribution in [0.1, 0.15) is 45.1 Å².